The van der Waals surface area contributed by atoms with E-state index >= 15 is 0 Å². The van der Waals surface area contributed by atoms with Crippen LogP contribution in [-0.4, -0.2) is 98.4 Å². The van der Waals surface area contributed by atoms with Gasteiger partial charge in [0.2, 0.25) is 5.91 Å². The number of carbonyl (C=O) groups excluding carboxylic acids is 1. The number of nitrogens with zero attached hydrogens (tertiary/aromatic N) is 3. The fourth-order valence-electron chi connectivity index (χ4n) is 4.25. The van der Waals surface area contributed by atoms with E-state index in [1.54, 1.807) is 0 Å². The van der Waals surface area contributed by atoms with Crippen LogP contribution in [0.5, 0.6) is 0 Å². The number of likely N-dealkylation sites (tertiary alicyclic amines) is 1. The maximum atomic E-state index is 12.7. The van der Waals surface area contributed by atoms with Crippen molar-refractivity contribution in [1.82, 2.24) is 14.7 Å². The van der Waals surface area contributed by atoms with E-state index in [2.05, 4.69) is 35.5 Å². The molecular formula is C21H39N3O3. The third kappa shape index (κ3) is 5.89. The zero-order chi connectivity index (χ0) is 19.3. The van der Waals surface area contributed by atoms with Gasteiger partial charge in [-0.15, -0.1) is 0 Å². The summed E-state index contributed by atoms with van der Waals surface area (Å²) in [5.41, 5.74) is 0.112. The molecule has 0 aromatic heterocycles. The van der Waals surface area contributed by atoms with Crippen LogP contribution >= 0.6 is 0 Å². The van der Waals surface area contributed by atoms with Gasteiger partial charge in [0.25, 0.3) is 0 Å². The Labute approximate surface area is 165 Å². The van der Waals surface area contributed by atoms with Gasteiger partial charge in [-0.3, -0.25) is 14.6 Å². The molecule has 0 saturated carbocycles. The number of ether oxygens (including phenoxy) is 2. The molecule has 0 radical (unpaired) electrons. The van der Waals surface area contributed by atoms with E-state index in [9.17, 15) is 4.79 Å². The lowest BCUT2D eigenvalue weighted by molar-refractivity contribution is -0.136. The highest BCUT2D eigenvalue weighted by Gasteiger charge is 2.35. The molecule has 27 heavy (non-hydrogen) atoms. The Morgan fingerprint density at radius 1 is 1.04 bits per heavy atom. The second-order valence-corrected chi connectivity index (χ2v) is 9.19. The van der Waals surface area contributed by atoms with E-state index in [1.165, 1.54) is 0 Å². The first kappa shape index (κ1) is 21.0. The third-order valence-corrected chi connectivity index (χ3v) is 6.74. The Hall–Kier alpha value is -0.690. The van der Waals surface area contributed by atoms with E-state index in [0.717, 1.165) is 85.0 Å². The number of amides is 1. The van der Waals surface area contributed by atoms with Crippen LogP contribution in [0.4, 0.5) is 0 Å². The predicted octanol–water partition coefficient (Wildman–Crippen LogP) is 1.84. The summed E-state index contributed by atoms with van der Waals surface area (Å²) in [6.45, 7) is 16.2. The van der Waals surface area contributed by atoms with Crippen molar-refractivity contribution in [2.24, 2.45) is 5.41 Å². The predicted molar refractivity (Wildman–Crippen MR) is 107 cm³/mol. The van der Waals surface area contributed by atoms with Gasteiger partial charge in [-0.1, -0.05) is 27.2 Å². The van der Waals surface area contributed by atoms with Crippen LogP contribution in [-0.2, 0) is 14.3 Å². The molecule has 3 fully saturated rings. The number of hydrogen-bond acceptors (Lipinski definition) is 5. The van der Waals surface area contributed by atoms with Gasteiger partial charge in [0, 0.05) is 51.7 Å². The number of piperidine rings is 1. The molecule has 0 aliphatic carbocycles. The van der Waals surface area contributed by atoms with Crippen molar-refractivity contribution in [2.75, 3.05) is 65.7 Å². The van der Waals surface area contributed by atoms with Crippen LogP contribution < -0.4 is 0 Å². The van der Waals surface area contributed by atoms with Crippen molar-refractivity contribution in [3.05, 3.63) is 0 Å². The lowest BCUT2D eigenvalue weighted by Crippen LogP contribution is -2.58. The molecule has 3 heterocycles. The molecule has 0 unspecified atom stereocenters. The highest BCUT2D eigenvalue weighted by atomic mass is 16.5. The van der Waals surface area contributed by atoms with Gasteiger partial charge in [0.05, 0.1) is 32.5 Å². The molecule has 156 valence electrons. The molecule has 1 amide bonds. The topological polar surface area (TPSA) is 45.3 Å². The molecule has 3 aliphatic rings. The van der Waals surface area contributed by atoms with E-state index in [4.69, 9.17) is 9.47 Å². The van der Waals surface area contributed by atoms with Crippen molar-refractivity contribution in [3.8, 4) is 0 Å². The van der Waals surface area contributed by atoms with Crippen molar-refractivity contribution < 1.29 is 14.3 Å². The van der Waals surface area contributed by atoms with E-state index < -0.39 is 0 Å². The SMILES string of the molecule is CCC(C)(C)CC(=O)N1CCC(N(CCN2CCOCC2)C2COC2)CC1. The molecule has 0 bridgehead atoms. The fraction of sp³-hybridized carbons (Fsp3) is 0.952. The van der Waals surface area contributed by atoms with E-state index in [-0.39, 0.29) is 5.41 Å². The first-order valence-electron chi connectivity index (χ1n) is 10.9. The average molecular weight is 382 g/mol. The summed E-state index contributed by atoms with van der Waals surface area (Å²) in [5.74, 6) is 0.340. The average Bonchev–Trinajstić information content (AvgIpc) is 2.64. The maximum Gasteiger partial charge on any atom is 0.223 e. The summed E-state index contributed by atoms with van der Waals surface area (Å²) in [4.78, 5) is 20.0. The zero-order valence-electron chi connectivity index (χ0n) is 17.6. The Kier molecular flexibility index (Phi) is 7.54. The van der Waals surface area contributed by atoms with Gasteiger partial charge in [0.15, 0.2) is 0 Å². The summed E-state index contributed by atoms with van der Waals surface area (Å²) in [5, 5.41) is 0. The molecule has 0 N–H and O–H groups in total. The van der Waals surface area contributed by atoms with Gasteiger partial charge in [-0.2, -0.15) is 0 Å². The van der Waals surface area contributed by atoms with Crippen LogP contribution in [0, 0.1) is 5.41 Å². The molecule has 0 aromatic carbocycles. The number of carbonyl (C=O) groups is 1. The largest absolute Gasteiger partial charge is 0.379 e. The lowest BCUT2D eigenvalue weighted by atomic mass is 9.85. The molecule has 6 heteroatoms. The Morgan fingerprint density at radius 2 is 1.70 bits per heavy atom. The summed E-state index contributed by atoms with van der Waals surface area (Å²) < 4.78 is 11.0. The number of rotatable bonds is 8. The summed E-state index contributed by atoms with van der Waals surface area (Å²) in [7, 11) is 0. The minimum Gasteiger partial charge on any atom is -0.379 e. The number of hydrogen-bond donors (Lipinski definition) is 0. The molecule has 3 rings (SSSR count). The van der Waals surface area contributed by atoms with E-state index in [0.29, 0.717) is 24.4 Å². The van der Waals surface area contributed by atoms with Crippen LogP contribution in [0.15, 0.2) is 0 Å². The highest BCUT2D eigenvalue weighted by molar-refractivity contribution is 5.77. The second-order valence-electron chi connectivity index (χ2n) is 9.19. The van der Waals surface area contributed by atoms with Gasteiger partial charge in [-0.25, -0.2) is 0 Å². The van der Waals surface area contributed by atoms with Crippen molar-refractivity contribution >= 4 is 5.91 Å². The minimum absolute atomic E-state index is 0.112. The Balaban J connectivity index is 1.48. The first-order chi connectivity index (χ1) is 13.0. The van der Waals surface area contributed by atoms with Gasteiger partial charge in [-0.05, 0) is 18.3 Å². The monoisotopic (exact) mass is 381 g/mol. The lowest BCUT2D eigenvalue weighted by Gasteiger charge is -2.46. The van der Waals surface area contributed by atoms with Crippen molar-refractivity contribution in [1.29, 1.82) is 0 Å². The van der Waals surface area contributed by atoms with Crippen molar-refractivity contribution in [2.45, 2.75) is 58.5 Å². The highest BCUT2D eigenvalue weighted by Crippen LogP contribution is 2.27. The second kappa shape index (κ2) is 9.68. The first-order valence-corrected chi connectivity index (χ1v) is 10.9. The molecule has 3 saturated heterocycles. The fourth-order valence-corrected chi connectivity index (χ4v) is 4.25. The standard InChI is InChI=1S/C21H39N3O3/c1-4-21(2,3)15-20(25)23-7-5-18(6-8-23)24(19-16-27-17-19)10-9-22-11-13-26-14-12-22/h18-19H,4-17H2,1-3H3. The molecule has 3 aliphatic heterocycles. The molecular weight excluding hydrogens is 342 g/mol. The van der Waals surface area contributed by atoms with Crippen LogP contribution in [0.3, 0.4) is 0 Å². The van der Waals surface area contributed by atoms with Crippen LogP contribution in [0.2, 0.25) is 0 Å². The summed E-state index contributed by atoms with van der Waals surface area (Å²) >= 11 is 0. The van der Waals surface area contributed by atoms with Crippen molar-refractivity contribution in [3.63, 3.8) is 0 Å². The van der Waals surface area contributed by atoms with Gasteiger partial charge >= 0.3 is 0 Å². The van der Waals surface area contributed by atoms with Gasteiger partial charge in [0.1, 0.15) is 0 Å². The van der Waals surface area contributed by atoms with Crippen LogP contribution in [0.1, 0.15) is 46.5 Å². The normalized spacial score (nSPS) is 23.6. The smallest absolute Gasteiger partial charge is 0.223 e. The van der Waals surface area contributed by atoms with Crippen LogP contribution in [0.25, 0.3) is 0 Å². The quantitative estimate of drug-likeness (QED) is 0.642. The Bertz CT molecular complexity index is 467. The molecule has 0 aromatic rings. The Morgan fingerprint density at radius 3 is 2.26 bits per heavy atom. The summed E-state index contributed by atoms with van der Waals surface area (Å²) in [6, 6.07) is 1.15. The molecule has 0 atom stereocenters. The number of morpholine rings is 1. The van der Waals surface area contributed by atoms with Gasteiger partial charge < -0.3 is 14.4 Å². The third-order valence-electron chi connectivity index (χ3n) is 6.74. The summed E-state index contributed by atoms with van der Waals surface area (Å²) in [6.07, 6.45) is 3.91. The maximum absolute atomic E-state index is 12.7. The zero-order valence-corrected chi connectivity index (χ0v) is 17.6. The minimum atomic E-state index is 0.112. The molecule has 0 spiro atoms. The van der Waals surface area contributed by atoms with E-state index in [1.807, 2.05) is 0 Å². The molecule has 6 nitrogen and oxygen atoms in total.